The van der Waals surface area contributed by atoms with Crippen LogP contribution in [0.5, 0.6) is 0 Å². The molecule has 0 aromatic heterocycles. The molecule has 31 heavy (non-hydrogen) atoms. The zero-order chi connectivity index (χ0) is 24.3. The van der Waals surface area contributed by atoms with Crippen LogP contribution in [0.15, 0.2) is 67.7 Å². The lowest BCUT2D eigenvalue weighted by atomic mass is 10.4. The molecular weight excluding hydrogens is 575 g/mol. The third-order valence-electron chi connectivity index (χ3n) is 2.86. The first-order chi connectivity index (χ1) is 13.8. The number of thioether (sulfide) groups is 1. The van der Waals surface area contributed by atoms with E-state index in [9.17, 15) is 39.5 Å². The molecule has 0 aliphatic heterocycles. The van der Waals surface area contributed by atoms with Gasteiger partial charge in [0.25, 0.3) is 0 Å². The van der Waals surface area contributed by atoms with E-state index in [1.807, 2.05) is 0 Å². The lowest BCUT2D eigenvalue weighted by molar-refractivity contribution is -0.0518. The molecule has 0 fully saturated rings. The van der Waals surface area contributed by atoms with Crippen LogP contribution in [0, 0.1) is 0 Å². The second-order valence-electron chi connectivity index (χ2n) is 5.12. The Balaban J connectivity index is 0.000000512. The maximum absolute atomic E-state index is 13.4. The minimum atomic E-state index is -6.09. The van der Waals surface area contributed by atoms with Gasteiger partial charge in [-0.05, 0) is 60.3 Å². The van der Waals surface area contributed by atoms with Crippen LogP contribution in [0.1, 0.15) is 0 Å². The van der Waals surface area contributed by atoms with Crippen LogP contribution in [0.4, 0.5) is 39.5 Å². The SMILES string of the molecule is FC(F)(F)Sc1ccc([S+](c2ccc(Br)cc2)C(F)(F)F)cc1.O=S(=O)([O-])C(F)(F)F. The number of alkyl halides is 9. The van der Waals surface area contributed by atoms with Crippen molar-refractivity contribution >= 4 is 48.7 Å². The molecule has 0 amide bonds. The Morgan fingerprint density at radius 3 is 1.42 bits per heavy atom. The summed E-state index contributed by atoms with van der Waals surface area (Å²) in [5, 5.41) is 0. The highest BCUT2D eigenvalue weighted by Crippen LogP contribution is 2.41. The molecule has 0 saturated heterocycles. The second kappa shape index (κ2) is 10.2. The van der Waals surface area contributed by atoms with Crippen LogP contribution < -0.4 is 0 Å². The van der Waals surface area contributed by atoms with Crippen LogP contribution >= 0.6 is 27.7 Å². The molecule has 0 spiro atoms. The highest BCUT2D eigenvalue weighted by molar-refractivity contribution is 9.10. The molecule has 0 bridgehead atoms. The molecule has 0 radical (unpaired) electrons. The summed E-state index contributed by atoms with van der Waals surface area (Å²) in [6, 6.07) is 9.97. The summed E-state index contributed by atoms with van der Waals surface area (Å²) >= 11 is 2.79. The minimum absolute atomic E-state index is 0.0527. The zero-order valence-electron chi connectivity index (χ0n) is 14.3. The number of hydrogen-bond donors (Lipinski definition) is 0. The van der Waals surface area contributed by atoms with Gasteiger partial charge in [-0.3, -0.25) is 0 Å². The van der Waals surface area contributed by atoms with E-state index < -0.39 is 37.5 Å². The van der Waals surface area contributed by atoms with Gasteiger partial charge in [0.05, 0.1) is 0 Å². The molecule has 16 heteroatoms. The van der Waals surface area contributed by atoms with Gasteiger partial charge in [0, 0.05) is 9.37 Å². The van der Waals surface area contributed by atoms with Crippen molar-refractivity contribution in [3.63, 3.8) is 0 Å². The smallest absolute Gasteiger partial charge is 0.586 e. The number of hydrogen-bond acceptors (Lipinski definition) is 4. The molecule has 0 heterocycles. The van der Waals surface area contributed by atoms with Gasteiger partial charge in [-0.1, -0.05) is 15.9 Å². The van der Waals surface area contributed by atoms with Crippen LogP contribution in [0.2, 0.25) is 0 Å². The van der Waals surface area contributed by atoms with Crippen LogP contribution in [-0.2, 0) is 21.0 Å². The van der Waals surface area contributed by atoms with E-state index in [2.05, 4.69) is 15.9 Å². The summed E-state index contributed by atoms with van der Waals surface area (Å²) in [6.45, 7) is 0. The van der Waals surface area contributed by atoms with Crippen molar-refractivity contribution in [3.8, 4) is 0 Å². The average molecular weight is 583 g/mol. The minimum Gasteiger partial charge on any atom is -0.741 e. The van der Waals surface area contributed by atoms with Gasteiger partial charge in [0.15, 0.2) is 30.8 Å². The lowest BCUT2D eigenvalue weighted by Crippen LogP contribution is -2.24. The predicted octanol–water partition coefficient (Wildman–Crippen LogP) is 6.67. The maximum atomic E-state index is 13.4. The van der Waals surface area contributed by atoms with Crippen molar-refractivity contribution in [2.75, 3.05) is 0 Å². The summed E-state index contributed by atoms with van der Waals surface area (Å²) in [4.78, 5) is -0.175. The lowest BCUT2D eigenvalue weighted by Gasteiger charge is -2.11. The summed E-state index contributed by atoms with van der Waals surface area (Å²) < 4.78 is 137. The summed E-state index contributed by atoms with van der Waals surface area (Å²) in [7, 11) is -8.31. The number of benzene rings is 2. The van der Waals surface area contributed by atoms with Crippen LogP contribution in [0.3, 0.4) is 0 Å². The first-order valence-electron chi connectivity index (χ1n) is 7.26. The van der Waals surface area contributed by atoms with Gasteiger partial charge in [-0.15, -0.1) is 13.2 Å². The molecular formula is C15H8BrF9O3S3. The van der Waals surface area contributed by atoms with Crippen molar-refractivity contribution < 1.29 is 52.5 Å². The summed E-state index contributed by atoms with van der Waals surface area (Å²) in [5.41, 5.74) is -14.6. The molecule has 2 aromatic carbocycles. The Labute approximate surface area is 185 Å². The fourth-order valence-corrected chi connectivity index (χ4v) is 4.18. The van der Waals surface area contributed by atoms with Gasteiger partial charge < -0.3 is 4.55 Å². The third-order valence-corrected chi connectivity index (χ3v) is 6.64. The Hall–Kier alpha value is -1.10. The Morgan fingerprint density at radius 1 is 0.774 bits per heavy atom. The zero-order valence-corrected chi connectivity index (χ0v) is 18.4. The van der Waals surface area contributed by atoms with Gasteiger partial charge in [-0.2, -0.15) is 26.3 Å². The van der Waals surface area contributed by atoms with E-state index in [0.717, 1.165) is 24.3 Å². The topological polar surface area (TPSA) is 57.2 Å². The van der Waals surface area contributed by atoms with E-state index in [1.165, 1.54) is 24.3 Å². The molecule has 1 unspecified atom stereocenters. The van der Waals surface area contributed by atoms with E-state index in [0.29, 0.717) is 4.47 Å². The Bertz CT molecular complexity index is 955. The van der Waals surface area contributed by atoms with E-state index in [-0.39, 0.29) is 26.4 Å². The maximum Gasteiger partial charge on any atom is 0.586 e. The molecule has 174 valence electrons. The van der Waals surface area contributed by atoms with E-state index >= 15 is 0 Å². The molecule has 2 rings (SSSR count). The van der Waals surface area contributed by atoms with Gasteiger partial charge in [-0.25, -0.2) is 8.42 Å². The summed E-state index contributed by atoms with van der Waals surface area (Å²) in [5.74, 6) is 0. The quantitative estimate of drug-likeness (QED) is 0.133. The largest absolute Gasteiger partial charge is 0.741 e. The fourth-order valence-electron chi connectivity index (χ4n) is 1.75. The van der Waals surface area contributed by atoms with Crippen molar-refractivity contribution in [1.29, 1.82) is 0 Å². The van der Waals surface area contributed by atoms with E-state index in [1.54, 1.807) is 0 Å². The monoisotopic (exact) mass is 582 g/mol. The molecule has 0 N–H and O–H groups in total. The predicted molar refractivity (Wildman–Crippen MR) is 98.2 cm³/mol. The number of rotatable bonds is 3. The van der Waals surface area contributed by atoms with E-state index in [4.69, 9.17) is 13.0 Å². The molecule has 3 nitrogen and oxygen atoms in total. The third kappa shape index (κ3) is 9.51. The Morgan fingerprint density at radius 2 is 1.13 bits per heavy atom. The van der Waals surface area contributed by atoms with Crippen LogP contribution in [0.25, 0.3) is 0 Å². The molecule has 0 aliphatic carbocycles. The highest BCUT2D eigenvalue weighted by atomic mass is 79.9. The average Bonchev–Trinajstić information content (AvgIpc) is 2.55. The standard InChI is InChI=1S/C14H8BrF6S2.CHF3O3S/c15-9-1-5-11(6-2-9)23(14(19,20)21)12-7-3-10(4-8-12)22-13(16,17)18;2-1(3,4)8(5,6)7/h1-8H;(H,5,6,7)/q+1;/p-1. The second-order valence-corrected chi connectivity index (χ2v) is 10.6. The first kappa shape index (κ1) is 27.9. The normalized spacial score (nSPS) is 13.9. The highest BCUT2D eigenvalue weighted by Gasteiger charge is 2.54. The van der Waals surface area contributed by atoms with Crippen LogP contribution in [-0.4, -0.2) is 29.5 Å². The Kier molecular flexibility index (Phi) is 9.22. The van der Waals surface area contributed by atoms with Crippen molar-refractivity contribution in [2.45, 2.75) is 31.2 Å². The van der Waals surface area contributed by atoms with Crippen molar-refractivity contribution in [1.82, 2.24) is 0 Å². The molecule has 2 aromatic rings. The number of halogens is 10. The first-order valence-corrected chi connectivity index (χ1v) is 11.5. The fraction of sp³-hybridized carbons (Fsp3) is 0.200. The van der Waals surface area contributed by atoms with Gasteiger partial charge in [0.1, 0.15) is 0 Å². The van der Waals surface area contributed by atoms with Crippen molar-refractivity contribution in [2.24, 2.45) is 0 Å². The van der Waals surface area contributed by atoms with Crippen molar-refractivity contribution in [3.05, 3.63) is 53.0 Å². The molecule has 0 aliphatic rings. The molecule has 0 saturated carbocycles. The van der Waals surface area contributed by atoms with Gasteiger partial charge in [0.2, 0.25) is 0 Å². The molecule has 1 atom stereocenters. The summed E-state index contributed by atoms with van der Waals surface area (Å²) in [6.07, 6.45) is 0. The van der Waals surface area contributed by atoms with Gasteiger partial charge >= 0.3 is 16.5 Å².